The number of methoxy groups -OCH3 is 1. The minimum atomic E-state index is 0.0808. The third kappa shape index (κ3) is 4.21. The van der Waals surface area contributed by atoms with Gasteiger partial charge in [0.1, 0.15) is 0 Å². The molecule has 1 fully saturated rings. The quantitative estimate of drug-likeness (QED) is 0.906. The highest BCUT2D eigenvalue weighted by atomic mass is 16.5. The first-order chi connectivity index (χ1) is 10.1. The van der Waals surface area contributed by atoms with Gasteiger partial charge in [0.2, 0.25) is 5.91 Å². The van der Waals surface area contributed by atoms with Gasteiger partial charge in [0, 0.05) is 33.3 Å². The maximum absolute atomic E-state index is 11.4. The SMILES string of the molecule is COC1CCCCC1Nc1ccccc1CN(C)C(C)=O. The van der Waals surface area contributed by atoms with Gasteiger partial charge in [0.05, 0.1) is 12.1 Å². The Morgan fingerprint density at radius 2 is 2.05 bits per heavy atom. The van der Waals surface area contributed by atoms with Crippen LogP contribution in [0.4, 0.5) is 5.69 Å². The van der Waals surface area contributed by atoms with Crippen LogP contribution in [0.1, 0.15) is 38.2 Å². The number of carbonyl (C=O) groups is 1. The molecule has 0 bridgehead atoms. The zero-order chi connectivity index (χ0) is 15.2. The summed E-state index contributed by atoms with van der Waals surface area (Å²) in [5.74, 6) is 0.0808. The van der Waals surface area contributed by atoms with Crippen LogP contribution in [0.15, 0.2) is 24.3 Å². The van der Waals surface area contributed by atoms with Crippen molar-refractivity contribution in [2.45, 2.75) is 51.3 Å². The van der Waals surface area contributed by atoms with E-state index < -0.39 is 0 Å². The van der Waals surface area contributed by atoms with E-state index in [4.69, 9.17) is 4.74 Å². The van der Waals surface area contributed by atoms with Crippen LogP contribution in [0, 0.1) is 0 Å². The van der Waals surface area contributed by atoms with Gasteiger partial charge >= 0.3 is 0 Å². The molecule has 21 heavy (non-hydrogen) atoms. The molecule has 0 spiro atoms. The first kappa shape index (κ1) is 15.8. The second-order valence-corrected chi connectivity index (χ2v) is 5.84. The Hall–Kier alpha value is -1.55. The zero-order valence-corrected chi connectivity index (χ0v) is 13.3. The lowest BCUT2D eigenvalue weighted by Crippen LogP contribution is -2.38. The van der Waals surface area contributed by atoms with E-state index in [9.17, 15) is 4.79 Å². The molecule has 2 atom stereocenters. The van der Waals surface area contributed by atoms with Gasteiger partial charge in [-0.3, -0.25) is 4.79 Å². The maximum atomic E-state index is 11.4. The lowest BCUT2D eigenvalue weighted by molar-refractivity contribution is -0.128. The van der Waals surface area contributed by atoms with E-state index >= 15 is 0 Å². The van der Waals surface area contributed by atoms with Gasteiger partial charge in [-0.2, -0.15) is 0 Å². The Balaban J connectivity index is 2.10. The molecule has 1 aromatic carbocycles. The van der Waals surface area contributed by atoms with Gasteiger partial charge in [-0.25, -0.2) is 0 Å². The predicted molar refractivity (Wildman–Crippen MR) is 85.3 cm³/mol. The number of carbonyl (C=O) groups excluding carboxylic acids is 1. The van der Waals surface area contributed by atoms with Crippen LogP contribution < -0.4 is 5.32 Å². The number of nitrogens with one attached hydrogen (secondary N) is 1. The summed E-state index contributed by atoms with van der Waals surface area (Å²) >= 11 is 0. The van der Waals surface area contributed by atoms with Crippen molar-refractivity contribution in [3.63, 3.8) is 0 Å². The van der Waals surface area contributed by atoms with Crippen molar-refractivity contribution in [1.29, 1.82) is 0 Å². The highest BCUT2D eigenvalue weighted by molar-refractivity contribution is 5.73. The summed E-state index contributed by atoms with van der Waals surface area (Å²) in [7, 11) is 3.62. The average Bonchev–Trinajstić information content (AvgIpc) is 2.49. The Morgan fingerprint density at radius 3 is 2.76 bits per heavy atom. The molecule has 2 rings (SSSR count). The molecule has 1 N–H and O–H groups in total. The lowest BCUT2D eigenvalue weighted by Gasteiger charge is -2.32. The van der Waals surface area contributed by atoms with Gasteiger partial charge in [-0.1, -0.05) is 31.0 Å². The summed E-state index contributed by atoms with van der Waals surface area (Å²) < 4.78 is 5.61. The number of benzene rings is 1. The van der Waals surface area contributed by atoms with E-state index in [2.05, 4.69) is 17.4 Å². The molecule has 4 heteroatoms. The summed E-state index contributed by atoms with van der Waals surface area (Å²) in [6.07, 6.45) is 5.01. The van der Waals surface area contributed by atoms with Gasteiger partial charge < -0.3 is 15.0 Å². The molecule has 0 saturated heterocycles. The van der Waals surface area contributed by atoms with Gasteiger partial charge in [-0.05, 0) is 24.5 Å². The number of anilines is 1. The van der Waals surface area contributed by atoms with Crippen LogP contribution in [0.2, 0.25) is 0 Å². The molecule has 0 heterocycles. The van der Waals surface area contributed by atoms with Crippen molar-refractivity contribution in [2.24, 2.45) is 0 Å². The van der Waals surface area contributed by atoms with E-state index in [0.29, 0.717) is 12.6 Å². The van der Waals surface area contributed by atoms with Gasteiger partial charge in [0.25, 0.3) is 0 Å². The molecule has 0 aliphatic heterocycles. The highest BCUT2D eigenvalue weighted by Crippen LogP contribution is 2.26. The van der Waals surface area contributed by atoms with Crippen molar-refractivity contribution in [3.8, 4) is 0 Å². The van der Waals surface area contributed by atoms with Crippen LogP contribution in [-0.4, -0.2) is 37.1 Å². The van der Waals surface area contributed by atoms with Crippen LogP contribution in [-0.2, 0) is 16.1 Å². The minimum Gasteiger partial charge on any atom is -0.379 e. The molecule has 0 aromatic heterocycles. The van der Waals surface area contributed by atoms with Crippen molar-refractivity contribution in [2.75, 3.05) is 19.5 Å². The number of ether oxygens (including phenoxy) is 1. The maximum Gasteiger partial charge on any atom is 0.219 e. The standard InChI is InChI=1S/C17H26N2O2/c1-13(20)19(2)12-14-8-4-5-9-15(14)18-16-10-6-7-11-17(16)21-3/h4-5,8-9,16-18H,6-7,10-12H2,1-3H3. The monoisotopic (exact) mass is 290 g/mol. The molecule has 1 aliphatic rings. The highest BCUT2D eigenvalue weighted by Gasteiger charge is 2.25. The molecule has 1 amide bonds. The van der Waals surface area contributed by atoms with Gasteiger partial charge in [-0.15, -0.1) is 0 Å². The van der Waals surface area contributed by atoms with E-state index in [1.54, 1.807) is 18.9 Å². The fourth-order valence-electron chi connectivity index (χ4n) is 2.91. The van der Waals surface area contributed by atoms with Gasteiger partial charge in [0.15, 0.2) is 0 Å². The number of hydrogen-bond acceptors (Lipinski definition) is 3. The van der Waals surface area contributed by atoms with E-state index in [0.717, 1.165) is 24.1 Å². The topological polar surface area (TPSA) is 41.6 Å². The Kier molecular flexibility index (Phi) is 5.62. The third-order valence-corrected chi connectivity index (χ3v) is 4.31. The zero-order valence-electron chi connectivity index (χ0n) is 13.3. The van der Waals surface area contributed by atoms with Crippen molar-refractivity contribution >= 4 is 11.6 Å². The number of para-hydroxylation sites is 1. The first-order valence-electron chi connectivity index (χ1n) is 7.70. The fourth-order valence-corrected chi connectivity index (χ4v) is 2.91. The van der Waals surface area contributed by atoms with Crippen molar-refractivity contribution in [3.05, 3.63) is 29.8 Å². The van der Waals surface area contributed by atoms with Crippen LogP contribution in [0.3, 0.4) is 0 Å². The summed E-state index contributed by atoms with van der Waals surface area (Å²) in [5, 5.41) is 3.63. The molecule has 2 unspecified atom stereocenters. The van der Waals surface area contributed by atoms with Crippen LogP contribution in [0.5, 0.6) is 0 Å². The molecule has 4 nitrogen and oxygen atoms in total. The molecule has 0 radical (unpaired) electrons. The number of amides is 1. The summed E-state index contributed by atoms with van der Waals surface area (Å²) in [4.78, 5) is 13.2. The smallest absolute Gasteiger partial charge is 0.219 e. The first-order valence-corrected chi connectivity index (χ1v) is 7.70. The number of rotatable bonds is 5. The van der Waals surface area contributed by atoms with E-state index in [1.165, 1.54) is 12.8 Å². The normalized spacial score (nSPS) is 21.9. The fraction of sp³-hybridized carbons (Fsp3) is 0.588. The predicted octanol–water partition coefficient (Wildman–Crippen LogP) is 3.03. The van der Waals surface area contributed by atoms with Crippen LogP contribution >= 0.6 is 0 Å². The largest absolute Gasteiger partial charge is 0.379 e. The molecular formula is C17H26N2O2. The molecule has 1 aliphatic carbocycles. The Labute approximate surface area is 127 Å². The van der Waals surface area contributed by atoms with E-state index in [1.807, 2.05) is 19.2 Å². The molecule has 1 aromatic rings. The summed E-state index contributed by atoms with van der Waals surface area (Å²) in [6, 6.07) is 8.57. The third-order valence-electron chi connectivity index (χ3n) is 4.31. The number of nitrogens with zero attached hydrogens (tertiary/aromatic N) is 1. The molecular weight excluding hydrogens is 264 g/mol. The van der Waals surface area contributed by atoms with Crippen molar-refractivity contribution in [1.82, 2.24) is 4.90 Å². The summed E-state index contributed by atoms with van der Waals surface area (Å²) in [5.41, 5.74) is 2.26. The van der Waals surface area contributed by atoms with Crippen LogP contribution in [0.25, 0.3) is 0 Å². The Morgan fingerprint density at radius 1 is 1.33 bits per heavy atom. The molecule has 1 saturated carbocycles. The second kappa shape index (κ2) is 7.46. The molecule has 116 valence electrons. The average molecular weight is 290 g/mol. The number of hydrogen-bond donors (Lipinski definition) is 1. The minimum absolute atomic E-state index is 0.0808. The lowest BCUT2D eigenvalue weighted by atomic mass is 9.92. The Bertz CT molecular complexity index is 476. The summed E-state index contributed by atoms with van der Waals surface area (Å²) in [6.45, 7) is 2.22. The second-order valence-electron chi connectivity index (χ2n) is 5.84. The van der Waals surface area contributed by atoms with E-state index in [-0.39, 0.29) is 12.0 Å². The van der Waals surface area contributed by atoms with Crippen molar-refractivity contribution < 1.29 is 9.53 Å².